The number of thiocarbonyl (C=S) groups is 1. The molecule has 0 atom stereocenters. The molecule has 162 valence electrons. The molecule has 0 radical (unpaired) electrons. The topological polar surface area (TPSA) is 29.5 Å². The second-order valence-electron chi connectivity index (χ2n) is 8.32. The van der Waals surface area contributed by atoms with Gasteiger partial charge in [0.05, 0.1) is 4.91 Å². The van der Waals surface area contributed by atoms with Crippen LogP contribution in [0.3, 0.4) is 0 Å². The van der Waals surface area contributed by atoms with Crippen molar-refractivity contribution in [2.24, 2.45) is 0 Å². The van der Waals surface area contributed by atoms with E-state index in [1.165, 1.54) is 31.0 Å². The zero-order chi connectivity index (χ0) is 21.9. The highest BCUT2D eigenvalue weighted by molar-refractivity contribution is 8.26. The van der Waals surface area contributed by atoms with Crippen LogP contribution in [0.5, 0.6) is 5.75 Å². The lowest BCUT2D eigenvalue weighted by molar-refractivity contribution is -0.124. The Kier molecular flexibility index (Phi) is 6.28. The smallest absolute Gasteiger partial charge is 0.266 e. The van der Waals surface area contributed by atoms with E-state index in [9.17, 15) is 4.79 Å². The molecule has 0 unspecified atom stereocenters. The molecule has 1 heterocycles. The van der Waals surface area contributed by atoms with Crippen molar-refractivity contribution in [2.45, 2.75) is 44.8 Å². The molecule has 2 fully saturated rings. The molecule has 0 spiro atoms. The first kappa shape index (κ1) is 21.2. The van der Waals surface area contributed by atoms with E-state index in [0.29, 0.717) is 15.8 Å². The summed E-state index contributed by atoms with van der Waals surface area (Å²) in [6.07, 6.45) is 7.64. The van der Waals surface area contributed by atoms with Crippen LogP contribution in [0.15, 0.2) is 71.6 Å². The van der Waals surface area contributed by atoms with Crippen LogP contribution in [0.2, 0.25) is 0 Å². The lowest BCUT2D eigenvalue weighted by atomic mass is 9.94. The van der Waals surface area contributed by atoms with Crippen molar-refractivity contribution in [3.8, 4) is 5.75 Å². The number of ether oxygens (including phenoxy) is 1. The molecule has 0 aromatic heterocycles. The second kappa shape index (κ2) is 9.47. The number of hydrogen-bond acceptors (Lipinski definition) is 4. The minimum absolute atomic E-state index is 0.0360. The maximum absolute atomic E-state index is 13.4. The van der Waals surface area contributed by atoms with E-state index in [1.54, 1.807) is 0 Å². The molecule has 1 saturated carbocycles. The highest BCUT2D eigenvalue weighted by Crippen LogP contribution is 2.39. The van der Waals surface area contributed by atoms with E-state index in [1.807, 2.05) is 47.4 Å². The Hall–Kier alpha value is -2.63. The lowest BCUT2D eigenvalue weighted by Crippen LogP contribution is -2.39. The standard InChI is InChI=1S/C27H25NO2S2/c29-26-25(32-27(31)28(26)21-12-5-2-6-13-21)17-23-22-14-8-7-11-20(22)15-16-24(23)30-18-19-9-3-1-4-10-19/h1,3-4,7-11,14-17,21H,2,5-6,12-13,18H2/b25-17-. The zero-order valence-corrected chi connectivity index (χ0v) is 19.5. The van der Waals surface area contributed by atoms with Gasteiger partial charge in [-0.3, -0.25) is 9.69 Å². The minimum atomic E-state index is 0.0360. The number of amides is 1. The minimum Gasteiger partial charge on any atom is -0.488 e. The van der Waals surface area contributed by atoms with Crippen LogP contribution < -0.4 is 4.74 Å². The Balaban J connectivity index is 1.50. The summed E-state index contributed by atoms with van der Waals surface area (Å²) in [5.41, 5.74) is 2.04. The van der Waals surface area contributed by atoms with Gasteiger partial charge in [0.15, 0.2) is 0 Å². The molecule has 2 aliphatic rings. The third-order valence-electron chi connectivity index (χ3n) is 6.21. The maximum Gasteiger partial charge on any atom is 0.266 e. The fraction of sp³-hybridized carbons (Fsp3) is 0.259. The number of carbonyl (C=O) groups is 1. The Morgan fingerprint density at radius 2 is 1.72 bits per heavy atom. The first-order valence-corrected chi connectivity index (χ1v) is 12.4. The third kappa shape index (κ3) is 4.32. The summed E-state index contributed by atoms with van der Waals surface area (Å²) in [6.45, 7) is 0.475. The Morgan fingerprint density at radius 1 is 0.969 bits per heavy atom. The zero-order valence-electron chi connectivity index (χ0n) is 17.8. The first-order chi connectivity index (χ1) is 15.7. The van der Waals surface area contributed by atoms with E-state index in [2.05, 4.69) is 30.3 Å². The van der Waals surface area contributed by atoms with Crippen molar-refractivity contribution in [2.75, 3.05) is 0 Å². The van der Waals surface area contributed by atoms with Crippen molar-refractivity contribution < 1.29 is 9.53 Å². The predicted molar refractivity (Wildman–Crippen MR) is 137 cm³/mol. The molecule has 1 aliphatic heterocycles. The highest BCUT2D eigenvalue weighted by atomic mass is 32.2. The van der Waals surface area contributed by atoms with Crippen molar-refractivity contribution in [3.05, 3.63) is 82.8 Å². The molecule has 3 aromatic carbocycles. The molecule has 0 bridgehead atoms. The van der Waals surface area contributed by atoms with Crippen LogP contribution in [0.4, 0.5) is 0 Å². The Labute approximate surface area is 198 Å². The quantitative estimate of drug-likeness (QED) is 0.305. The van der Waals surface area contributed by atoms with Gasteiger partial charge in [-0.15, -0.1) is 0 Å². The van der Waals surface area contributed by atoms with Gasteiger partial charge in [-0.05, 0) is 41.3 Å². The van der Waals surface area contributed by atoms with E-state index in [-0.39, 0.29) is 11.9 Å². The van der Waals surface area contributed by atoms with Crippen LogP contribution in [-0.4, -0.2) is 21.2 Å². The number of carbonyl (C=O) groups excluding carboxylic acids is 1. The summed E-state index contributed by atoms with van der Waals surface area (Å²) in [5, 5.41) is 2.19. The fourth-order valence-corrected chi connectivity index (χ4v) is 5.93. The van der Waals surface area contributed by atoms with Crippen molar-refractivity contribution >= 4 is 51.1 Å². The van der Waals surface area contributed by atoms with E-state index in [4.69, 9.17) is 17.0 Å². The summed E-state index contributed by atoms with van der Waals surface area (Å²) in [4.78, 5) is 15.9. The molecule has 3 aromatic rings. The van der Waals surface area contributed by atoms with Crippen molar-refractivity contribution in [1.29, 1.82) is 0 Å². The molecular weight excluding hydrogens is 434 g/mol. The molecule has 5 rings (SSSR count). The van der Waals surface area contributed by atoms with Crippen LogP contribution in [0.25, 0.3) is 16.8 Å². The van der Waals surface area contributed by atoms with Gasteiger partial charge in [0.25, 0.3) is 5.91 Å². The number of fused-ring (bicyclic) bond motifs is 1. The summed E-state index contributed by atoms with van der Waals surface area (Å²) in [6, 6.07) is 22.6. The first-order valence-electron chi connectivity index (χ1n) is 11.2. The largest absolute Gasteiger partial charge is 0.488 e. The molecule has 1 saturated heterocycles. The predicted octanol–water partition coefficient (Wildman–Crippen LogP) is 6.95. The van der Waals surface area contributed by atoms with Crippen LogP contribution >= 0.6 is 24.0 Å². The van der Waals surface area contributed by atoms with Crippen molar-refractivity contribution in [1.82, 2.24) is 4.90 Å². The third-order valence-corrected chi connectivity index (χ3v) is 7.54. The summed E-state index contributed by atoms with van der Waals surface area (Å²) >= 11 is 7.05. The number of nitrogens with zero attached hydrogens (tertiary/aromatic N) is 1. The normalized spacial score (nSPS) is 18.6. The molecule has 5 heteroatoms. The van der Waals surface area contributed by atoms with Gasteiger partial charge in [-0.25, -0.2) is 0 Å². The molecular formula is C27H25NO2S2. The van der Waals surface area contributed by atoms with Gasteiger partial charge in [-0.1, -0.05) is 104 Å². The second-order valence-corrected chi connectivity index (χ2v) is 9.99. The van der Waals surface area contributed by atoms with E-state index >= 15 is 0 Å². The molecule has 1 aliphatic carbocycles. The fourth-order valence-electron chi connectivity index (χ4n) is 4.55. The number of hydrogen-bond donors (Lipinski definition) is 0. The number of benzene rings is 3. The Morgan fingerprint density at radius 3 is 2.53 bits per heavy atom. The van der Waals surface area contributed by atoms with Crippen LogP contribution in [-0.2, 0) is 11.4 Å². The van der Waals surface area contributed by atoms with Gasteiger partial charge in [0.2, 0.25) is 0 Å². The molecule has 3 nitrogen and oxygen atoms in total. The number of rotatable bonds is 5. The Bertz CT molecular complexity index is 1180. The van der Waals surface area contributed by atoms with Crippen LogP contribution in [0.1, 0.15) is 43.2 Å². The van der Waals surface area contributed by atoms with Gasteiger partial charge in [-0.2, -0.15) is 0 Å². The van der Waals surface area contributed by atoms with Gasteiger partial charge >= 0.3 is 0 Å². The SMILES string of the molecule is O=C1/C(=C/c2c(OCc3ccccc3)ccc3ccccc23)SC(=S)N1C1CCCCC1. The lowest BCUT2D eigenvalue weighted by Gasteiger charge is -2.29. The van der Waals surface area contributed by atoms with Crippen molar-refractivity contribution in [3.63, 3.8) is 0 Å². The molecule has 0 N–H and O–H groups in total. The van der Waals surface area contributed by atoms with Gasteiger partial charge in [0, 0.05) is 11.6 Å². The summed E-state index contributed by atoms with van der Waals surface area (Å²) in [7, 11) is 0. The maximum atomic E-state index is 13.4. The van der Waals surface area contributed by atoms with E-state index < -0.39 is 0 Å². The number of thioether (sulfide) groups is 1. The molecule has 1 amide bonds. The average molecular weight is 460 g/mol. The van der Waals surface area contributed by atoms with Gasteiger partial charge in [0.1, 0.15) is 16.7 Å². The average Bonchev–Trinajstić information content (AvgIpc) is 3.12. The van der Waals surface area contributed by atoms with Crippen LogP contribution in [0, 0.1) is 0 Å². The monoisotopic (exact) mass is 459 g/mol. The van der Waals surface area contributed by atoms with Gasteiger partial charge < -0.3 is 4.74 Å². The molecule has 32 heavy (non-hydrogen) atoms. The summed E-state index contributed by atoms with van der Waals surface area (Å²) < 4.78 is 6.92. The van der Waals surface area contributed by atoms with E-state index in [0.717, 1.165) is 40.5 Å². The summed E-state index contributed by atoms with van der Waals surface area (Å²) in [5.74, 6) is 0.810. The highest BCUT2D eigenvalue weighted by Gasteiger charge is 2.37.